The number of nitrogens with one attached hydrogen (secondary N) is 2. The van der Waals surface area contributed by atoms with Crippen molar-refractivity contribution in [3.05, 3.63) is 35.8 Å². The molecule has 0 unspecified atom stereocenters. The van der Waals surface area contributed by atoms with Gasteiger partial charge in [-0.1, -0.05) is 6.07 Å². The number of carbonyl (C=O) groups excluding carboxylic acids is 2. The van der Waals surface area contributed by atoms with Gasteiger partial charge in [-0.15, -0.1) is 0 Å². The first-order valence-electron chi connectivity index (χ1n) is 4.01. The highest BCUT2D eigenvalue weighted by atomic mass is 16.2. The molecule has 0 bridgehead atoms. The topological polar surface area (TPSA) is 71.1 Å². The molecule has 3 amide bonds. The predicted molar refractivity (Wildman–Crippen MR) is 48.9 cm³/mol. The molecule has 1 saturated heterocycles. The lowest BCUT2D eigenvalue weighted by Crippen LogP contribution is -2.22. The third kappa shape index (κ3) is 1.61. The van der Waals surface area contributed by atoms with Crippen molar-refractivity contribution >= 4 is 18.0 Å². The van der Waals surface area contributed by atoms with Crippen LogP contribution in [0.2, 0.25) is 0 Å². The molecule has 1 aliphatic heterocycles. The van der Waals surface area contributed by atoms with Crippen LogP contribution in [0.4, 0.5) is 4.79 Å². The van der Waals surface area contributed by atoms with Gasteiger partial charge in [0.1, 0.15) is 5.70 Å². The second-order valence-corrected chi connectivity index (χ2v) is 2.72. The molecule has 0 radical (unpaired) electrons. The van der Waals surface area contributed by atoms with Gasteiger partial charge in [-0.05, 0) is 18.2 Å². The molecule has 5 heteroatoms. The molecule has 0 saturated carbocycles. The van der Waals surface area contributed by atoms with Crippen molar-refractivity contribution in [2.75, 3.05) is 0 Å². The summed E-state index contributed by atoms with van der Waals surface area (Å²) in [5.41, 5.74) is 0.841. The number of rotatable bonds is 1. The van der Waals surface area contributed by atoms with Gasteiger partial charge < -0.3 is 5.32 Å². The Morgan fingerprint density at radius 2 is 2.07 bits per heavy atom. The summed E-state index contributed by atoms with van der Waals surface area (Å²) < 4.78 is 0. The summed E-state index contributed by atoms with van der Waals surface area (Å²) in [5.74, 6) is -0.430. The van der Waals surface area contributed by atoms with Crippen LogP contribution in [0.3, 0.4) is 0 Å². The van der Waals surface area contributed by atoms with E-state index >= 15 is 0 Å². The van der Waals surface area contributed by atoms with Crippen LogP contribution in [0, 0.1) is 0 Å². The van der Waals surface area contributed by atoms with Gasteiger partial charge in [-0.25, -0.2) is 4.79 Å². The summed E-state index contributed by atoms with van der Waals surface area (Å²) in [4.78, 5) is 25.8. The molecule has 1 aromatic rings. The number of hydrogen-bond donors (Lipinski definition) is 2. The molecule has 0 aliphatic carbocycles. The zero-order valence-electron chi connectivity index (χ0n) is 7.15. The highest BCUT2D eigenvalue weighted by molar-refractivity contribution is 6.13. The van der Waals surface area contributed by atoms with Crippen LogP contribution in [-0.2, 0) is 4.79 Å². The van der Waals surface area contributed by atoms with E-state index in [0.717, 1.165) is 0 Å². The summed E-state index contributed by atoms with van der Waals surface area (Å²) in [6.45, 7) is 0. The number of imide groups is 1. The third-order valence-electron chi connectivity index (χ3n) is 1.70. The van der Waals surface area contributed by atoms with Crippen molar-refractivity contribution in [3.8, 4) is 0 Å². The molecule has 2 N–H and O–H groups in total. The third-order valence-corrected chi connectivity index (χ3v) is 1.70. The van der Waals surface area contributed by atoms with Crippen molar-refractivity contribution in [1.82, 2.24) is 15.6 Å². The minimum Gasteiger partial charge on any atom is -0.303 e. The van der Waals surface area contributed by atoms with E-state index in [9.17, 15) is 9.59 Å². The van der Waals surface area contributed by atoms with Crippen molar-refractivity contribution < 1.29 is 9.59 Å². The minimum absolute atomic E-state index is 0.216. The number of pyridine rings is 1. The van der Waals surface area contributed by atoms with Gasteiger partial charge in [0.25, 0.3) is 5.91 Å². The van der Waals surface area contributed by atoms with Crippen molar-refractivity contribution in [1.29, 1.82) is 0 Å². The highest BCUT2D eigenvalue weighted by Gasteiger charge is 2.22. The highest BCUT2D eigenvalue weighted by Crippen LogP contribution is 2.04. The Kier molecular flexibility index (Phi) is 1.98. The molecule has 2 rings (SSSR count). The van der Waals surface area contributed by atoms with Crippen LogP contribution in [-0.4, -0.2) is 16.9 Å². The van der Waals surface area contributed by atoms with Gasteiger partial charge in [0, 0.05) is 6.20 Å². The SMILES string of the molecule is O=C1NC(=O)/C(=C\c2ccccn2)N1. The van der Waals surface area contributed by atoms with E-state index < -0.39 is 11.9 Å². The van der Waals surface area contributed by atoms with Gasteiger partial charge in [-0.3, -0.25) is 15.1 Å². The van der Waals surface area contributed by atoms with E-state index in [0.29, 0.717) is 5.69 Å². The fourth-order valence-corrected chi connectivity index (χ4v) is 1.09. The molecular formula is C9H7N3O2. The largest absolute Gasteiger partial charge is 0.326 e. The number of hydrogen-bond acceptors (Lipinski definition) is 3. The molecule has 70 valence electrons. The molecule has 2 heterocycles. The van der Waals surface area contributed by atoms with E-state index in [1.165, 1.54) is 6.08 Å². The first-order chi connectivity index (χ1) is 6.75. The maximum absolute atomic E-state index is 11.1. The lowest BCUT2D eigenvalue weighted by Gasteiger charge is -1.93. The molecule has 1 fully saturated rings. The Morgan fingerprint density at radius 3 is 2.64 bits per heavy atom. The van der Waals surface area contributed by atoms with E-state index in [1.54, 1.807) is 24.4 Å². The van der Waals surface area contributed by atoms with Crippen molar-refractivity contribution in [2.24, 2.45) is 0 Å². The molecule has 1 aliphatic rings. The lowest BCUT2D eigenvalue weighted by molar-refractivity contribution is -0.115. The maximum Gasteiger partial charge on any atom is 0.326 e. The number of carbonyl (C=O) groups is 2. The lowest BCUT2D eigenvalue weighted by atomic mass is 10.3. The molecule has 1 aromatic heterocycles. The summed E-state index contributed by atoms with van der Waals surface area (Å²) in [6.07, 6.45) is 3.13. The zero-order chi connectivity index (χ0) is 9.97. The Balaban J connectivity index is 2.28. The quantitative estimate of drug-likeness (QED) is 0.491. The van der Waals surface area contributed by atoms with Crippen LogP contribution in [0.1, 0.15) is 5.69 Å². The predicted octanol–water partition coefficient (Wildman–Crippen LogP) is 0.262. The molecule has 0 aromatic carbocycles. The van der Waals surface area contributed by atoms with E-state index in [2.05, 4.69) is 15.6 Å². The molecule has 14 heavy (non-hydrogen) atoms. The van der Waals surface area contributed by atoms with Crippen LogP contribution in [0.5, 0.6) is 0 Å². The van der Waals surface area contributed by atoms with E-state index in [4.69, 9.17) is 0 Å². The van der Waals surface area contributed by atoms with Crippen LogP contribution >= 0.6 is 0 Å². The standard InChI is InChI=1S/C9H7N3O2/c13-8-7(11-9(14)12-8)5-6-3-1-2-4-10-6/h1-5H,(H2,11,12,13,14)/b7-5+. The first kappa shape index (κ1) is 8.43. The first-order valence-corrected chi connectivity index (χ1v) is 4.01. The number of amides is 3. The van der Waals surface area contributed by atoms with Crippen LogP contribution in [0.25, 0.3) is 6.08 Å². The zero-order valence-corrected chi connectivity index (χ0v) is 7.15. The van der Waals surface area contributed by atoms with E-state index in [-0.39, 0.29) is 5.70 Å². The number of aromatic nitrogens is 1. The minimum atomic E-state index is -0.503. The average Bonchev–Trinajstić information content (AvgIpc) is 2.47. The molecule has 0 atom stereocenters. The van der Waals surface area contributed by atoms with Gasteiger partial charge in [0.2, 0.25) is 0 Å². The van der Waals surface area contributed by atoms with Crippen LogP contribution in [0.15, 0.2) is 30.1 Å². The van der Waals surface area contributed by atoms with E-state index in [1.807, 2.05) is 0 Å². The summed E-state index contributed by atoms with van der Waals surface area (Å²) in [6, 6.07) is 4.81. The average molecular weight is 189 g/mol. The Morgan fingerprint density at radius 1 is 1.21 bits per heavy atom. The number of urea groups is 1. The molecule has 5 nitrogen and oxygen atoms in total. The molecule has 0 spiro atoms. The second kappa shape index (κ2) is 3.29. The Hall–Kier alpha value is -2.17. The summed E-state index contributed by atoms with van der Waals surface area (Å²) in [5, 5.41) is 4.48. The summed E-state index contributed by atoms with van der Waals surface area (Å²) in [7, 11) is 0. The van der Waals surface area contributed by atoms with Gasteiger partial charge in [-0.2, -0.15) is 0 Å². The van der Waals surface area contributed by atoms with Gasteiger partial charge in [0.05, 0.1) is 5.69 Å². The van der Waals surface area contributed by atoms with Gasteiger partial charge >= 0.3 is 6.03 Å². The van der Waals surface area contributed by atoms with Crippen molar-refractivity contribution in [3.63, 3.8) is 0 Å². The maximum atomic E-state index is 11.1. The van der Waals surface area contributed by atoms with Crippen molar-refractivity contribution in [2.45, 2.75) is 0 Å². The Bertz CT molecular complexity index is 411. The van der Waals surface area contributed by atoms with Gasteiger partial charge in [0.15, 0.2) is 0 Å². The normalized spacial score (nSPS) is 18.1. The van der Waals surface area contributed by atoms with Crippen LogP contribution < -0.4 is 10.6 Å². The Labute approximate surface area is 79.8 Å². The fraction of sp³-hybridized carbons (Fsp3) is 0. The smallest absolute Gasteiger partial charge is 0.303 e. The number of nitrogens with zero attached hydrogens (tertiary/aromatic N) is 1. The second-order valence-electron chi connectivity index (χ2n) is 2.72. The summed E-state index contributed by atoms with van der Waals surface area (Å²) >= 11 is 0. The monoisotopic (exact) mass is 189 g/mol. The fourth-order valence-electron chi connectivity index (χ4n) is 1.09. The molecular weight excluding hydrogens is 182 g/mol.